The summed E-state index contributed by atoms with van der Waals surface area (Å²) in [6.45, 7) is 9.30. The number of nitrogens with two attached hydrogens (primary N) is 1. The normalized spacial score (nSPS) is 13.0. The van der Waals surface area contributed by atoms with Crippen molar-refractivity contribution in [1.82, 2.24) is 24.8 Å². The van der Waals surface area contributed by atoms with Gasteiger partial charge in [-0.25, -0.2) is 15.0 Å². The number of rotatable bonds is 7. The lowest BCUT2D eigenvalue weighted by Gasteiger charge is -2.12. The maximum absolute atomic E-state index is 6.05. The van der Waals surface area contributed by atoms with Crippen LogP contribution in [0, 0.1) is 12.8 Å². The van der Waals surface area contributed by atoms with E-state index in [1.165, 1.54) is 6.33 Å². The number of ether oxygens (including phenoxy) is 2. The van der Waals surface area contributed by atoms with Crippen LogP contribution in [0.1, 0.15) is 30.8 Å². The molecule has 0 atom stereocenters. The Hall–Kier alpha value is -2.87. The second kappa shape index (κ2) is 7.63. The van der Waals surface area contributed by atoms with Crippen molar-refractivity contribution in [1.29, 1.82) is 0 Å². The zero-order valence-electron chi connectivity index (χ0n) is 16.5. The Morgan fingerprint density at radius 1 is 1.21 bits per heavy atom. The van der Waals surface area contributed by atoms with E-state index in [-0.39, 0.29) is 6.79 Å². The standard InChI is InChI=1S/C20H26N6O2/c1-12(2)9-22-4-5-26-17(25-18-19(21)23-10-24-20(18)26)8-14-7-16-15(6-13(14)3)27-11-28-16/h6-7,10,12,22H,4-5,8-9,11H2,1-3H3,(H2,21,23,24). The second-order valence-corrected chi connectivity index (χ2v) is 7.52. The number of fused-ring (bicyclic) bond motifs is 2. The van der Waals surface area contributed by atoms with E-state index in [9.17, 15) is 0 Å². The van der Waals surface area contributed by atoms with Crippen molar-refractivity contribution in [2.45, 2.75) is 33.7 Å². The molecular weight excluding hydrogens is 356 g/mol. The van der Waals surface area contributed by atoms with Gasteiger partial charge in [0.25, 0.3) is 0 Å². The van der Waals surface area contributed by atoms with Crippen molar-refractivity contribution in [3.8, 4) is 11.5 Å². The number of aryl methyl sites for hydroxylation is 1. The molecule has 0 radical (unpaired) electrons. The number of hydrogen-bond donors (Lipinski definition) is 2. The molecule has 148 valence electrons. The summed E-state index contributed by atoms with van der Waals surface area (Å²) in [5.41, 5.74) is 9.75. The first-order valence-electron chi connectivity index (χ1n) is 9.58. The number of anilines is 1. The summed E-state index contributed by atoms with van der Waals surface area (Å²) in [5, 5.41) is 3.48. The van der Waals surface area contributed by atoms with E-state index >= 15 is 0 Å². The molecule has 8 heteroatoms. The molecule has 2 aromatic heterocycles. The molecule has 0 amide bonds. The molecule has 8 nitrogen and oxygen atoms in total. The van der Waals surface area contributed by atoms with Gasteiger partial charge >= 0.3 is 0 Å². The molecule has 1 aliphatic heterocycles. The molecule has 3 N–H and O–H groups in total. The zero-order valence-corrected chi connectivity index (χ0v) is 16.5. The van der Waals surface area contributed by atoms with Gasteiger partial charge in [-0.1, -0.05) is 13.8 Å². The highest BCUT2D eigenvalue weighted by Gasteiger charge is 2.19. The van der Waals surface area contributed by atoms with Crippen molar-refractivity contribution < 1.29 is 9.47 Å². The summed E-state index contributed by atoms with van der Waals surface area (Å²) < 4.78 is 13.1. The molecule has 0 saturated heterocycles. The molecule has 0 aliphatic carbocycles. The molecule has 0 fully saturated rings. The Bertz CT molecular complexity index is 998. The molecule has 0 spiro atoms. The largest absolute Gasteiger partial charge is 0.454 e. The third kappa shape index (κ3) is 3.60. The summed E-state index contributed by atoms with van der Waals surface area (Å²) in [6.07, 6.45) is 2.15. The molecule has 3 aromatic rings. The van der Waals surface area contributed by atoms with E-state index in [1.54, 1.807) is 0 Å². The van der Waals surface area contributed by atoms with Gasteiger partial charge in [0.15, 0.2) is 28.5 Å². The van der Waals surface area contributed by atoms with Crippen molar-refractivity contribution in [3.63, 3.8) is 0 Å². The summed E-state index contributed by atoms with van der Waals surface area (Å²) in [5.74, 6) is 3.50. The lowest BCUT2D eigenvalue weighted by Crippen LogP contribution is -2.24. The summed E-state index contributed by atoms with van der Waals surface area (Å²) in [6, 6.07) is 4.05. The molecule has 4 rings (SSSR count). The fraction of sp³-hybridized carbons (Fsp3) is 0.450. The van der Waals surface area contributed by atoms with Gasteiger partial charge in [-0.2, -0.15) is 0 Å². The number of hydrogen-bond acceptors (Lipinski definition) is 7. The van der Waals surface area contributed by atoms with E-state index in [4.69, 9.17) is 20.2 Å². The quantitative estimate of drug-likeness (QED) is 0.605. The van der Waals surface area contributed by atoms with Gasteiger partial charge in [0, 0.05) is 19.5 Å². The van der Waals surface area contributed by atoms with Gasteiger partial charge in [-0.15, -0.1) is 0 Å². The molecule has 0 saturated carbocycles. The maximum Gasteiger partial charge on any atom is 0.231 e. The van der Waals surface area contributed by atoms with Crippen LogP contribution in [0.3, 0.4) is 0 Å². The first-order chi connectivity index (χ1) is 13.5. The zero-order chi connectivity index (χ0) is 19.7. The topological polar surface area (TPSA) is 100 Å². The highest BCUT2D eigenvalue weighted by molar-refractivity contribution is 5.81. The monoisotopic (exact) mass is 382 g/mol. The van der Waals surface area contributed by atoms with Crippen molar-refractivity contribution >= 4 is 17.0 Å². The lowest BCUT2D eigenvalue weighted by atomic mass is 10.0. The Balaban J connectivity index is 1.66. The number of benzene rings is 1. The van der Waals surface area contributed by atoms with Gasteiger partial charge in [0.1, 0.15) is 12.2 Å². The van der Waals surface area contributed by atoms with Gasteiger partial charge in [-0.05, 0) is 42.6 Å². The number of imidazole rings is 1. The van der Waals surface area contributed by atoms with Crippen LogP contribution < -0.4 is 20.5 Å². The molecule has 3 heterocycles. The van der Waals surface area contributed by atoms with Crippen LogP contribution in [0.5, 0.6) is 11.5 Å². The van der Waals surface area contributed by atoms with Crippen molar-refractivity contribution in [3.05, 3.63) is 35.4 Å². The summed E-state index contributed by atoms with van der Waals surface area (Å²) >= 11 is 0. The lowest BCUT2D eigenvalue weighted by molar-refractivity contribution is 0.174. The smallest absolute Gasteiger partial charge is 0.231 e. The average Bonchev–Trinajstić information content (AvgIpc) is 3.24. The van der Waals surface area contributed by atoms with Crippen LogP contribution in [-0.2, 0) is 13.0 Å². The van der Waals surface area contributed by atoms with E-state index in [0.717, 1.165) is 53.7 Å². The summed E-state index contributed by atoms with van der Waals surface area (Å²) in [4.78, 5) is 13.3. The fourth-order valence-electron chi connectivity index (χ4n) is 3.40. The molecule has 1 aliphatic rings. The maximum atomic E-state index is 6.05. The Morgan fingerprint density at radius 2 is 2.00 bits per heavy atom. The third-order valence-corrected chi connectivity index (χ3v) is 4.88. The molecule has 0 unspecified atom stereocenters. The number of nitrogens with zero attached hydrogens (tertiary/aromatic N) is 4. The number of nitrogen functional groups attached to an aromatic ring is 1. The van der Waals surface area contributed by atoms with E-state index in [0.29, 0.717) is 23.7 Å². The molecule has 28 heavy (non-hydrogen) atoms. The molecule has 0 bridgehead atoms. The highest BCUT2D eigenvalue weighted by atomic mass is 16.7. The highest BCUT2D eigenvalue weighted by Crippen LogP contribution is 2.35. The minimum Gasteiger partial charge on any atom is -0.454 e. The molecular formula is C20H26N6O2. The minimum absolute atomic E-state index is 0.268. The van der Waals surface area contributed by atoms with Crippen LogP contribution in [-0.4, -0.2) is 39.4 Å². The predicted molar refractivity (Wildman–Crippen MR) is 108 cm³/mol. The number of aromatic nitrogens is 4. The average molecular weight is 382 g/mol. The van der Waals surface area contributed by atoms with E-state index in [1.807, 2.05) is 12.1 Å². The first-order valence-corrected chi connectivity index (χ1v) is 9.58. The van der Waals surface area contributed by atoms with Gasteiger partial charge in [-0.3, -0.25) is 0 Å². The van der Waals surface area contributed by atoms with E-state index in [2.05, 4.69) is 40.6 Å². The van der Waals surface area contributed by atoms with E-state index < -0.39 is 0 Å². The molecule has 1 aromatic carbocycles. The van der Waals surface area contributed by atoms with Crippen molar-refractivity contribution in [2.24, 2.45) is 5.92 Å². The van der Waals surface area contributed by atoms with Gasteiger partial charge < -0.3 is 25.1 Å². The fourth-order valence-corrected chi connectivity index (χ4v) is 3.40. The van der Waals surface area contributed by atoms with Crippen molar-refractivity contribution in [2.75, 3.05) is 25.6 Å². The summed E-state index contributed by atoms with van der Waals surface area (Å²) in [7, 11) is 0. The van der Waals surface area contributed by atoms with Gasteiger partial charge in [0.05, 0.1) is 0 Å². The Morgan fingerprint density at radius 3 is 2.79 bits per heavy atom. The third-order valence-electron chi connectivity index (χ3n) is 4.88. The minimum atomic E-state index is 0.268. The Labute approximate surface area is 164 Å². The predicted octanol–water partition coefficient (Wildman–Crippen LogP) is 2.28. The van der Waals surface area contributed by atoms with Crippen LogP contribution in [0.15, 0.2) is 18.5 Å². The number of nitrogens with one attached hydrogen (secondary N) is 1. The second-order valence-electron chi connectivity index (χ2n) is 7.52. The van der Waals surface area contributed by atoms with Crippen LogP contribution in [0.4, 0.5) is 5.82 Å². The van der Waals surface area contributed by atoms with Crippen LogP contribution in [0.2, 0.25) is 0 Å². The SMILES string of the molecule is Cc1cc2c(cc1Cc1nc3c(N)ncnc3n1CCNCC(C)C)OCO2. The Kier molecular flexibility index (Phi) is 5.04. The van der Waals surface area contributed by atoms with Gasteiger partial charge in [0.2, 0.25) is 6.79 Å². The first kappa shape index (κ1) is 18.5. The van der Waals surface area contributed by atoms with Crippen LogP contribution >= 0.6 is 0 Å². The van der Waals surface area contributed by atoms with Crippen LogP contribution in [0.25, 0.3) is 11.2 Å².